The van der Waals surface area contributed by atoms with E-state index >= 15 is 0 Å². The third-order valence-electron chi connectivity index (χ3n) is 9.81. The first-order valence-electron chi connectivity index (χ1n) is 19.8. The average Bonchev–Trinajstić information content (AvgIpc) is 3.18. The summed E-state index contributed by atoms with van der Waals surface area (Å²) in [6.45, 7) is 11.1. The lowest BCUT2D eigenvalue weighted by Crippen LogP contribution is -2.44. The molecule has 0 aliphatic heterocycles. The summed E-state index contributed by atoms with van der Waals surface area (Å²) in [6.07, 6.45) is 1.80. The molecule has 0 rings (SSSR count). The zero-order valence-corrected chi connectivity index (χ0v) is 39.9. The van der Waals surface area contributed by atoms with Gasteiger partial charge in [-0.2, -0.15) is 0 Å². The van der Waals surface area contributed by atoms with Gasteiger partial charge < -0.3 is 74.7 Å². The van der Waals surface area contributed by atoms with Crippen molar-refractivity contribution in [3.05, 3.63) is 0 Å². The second-order valence-corrected chi connectivity index (χ2v) is 24.3. The van der Waals surface area contributed by atoms with Crippen LogP contribution >= 0.6 is 0 Å². The summed E-state index contributed by atoms with van der Waals surface area (Å²) in [5, 5.41) is 35.7. The van der Waals surface area contributed by atoms with Crippen LogP contribution in [0.5, 0.6) is 0 Å². The first-order valence-corrected chi connectivity index (χ1v) is 25.6. The van der Waals surface area contributed by atoms with Gasteiger partial charge in [-0.1, -0.05) is 20.8 Å². The molecule has 0 aliphatic rings. The number of nitrogens with one attached hydrogen (secondary N) is 1. The van der Waals surface area contributed by atoms with Crippen molar-refractivity contribution in [2.45, 2.75) is 89.3 Å². The molecule has 17 nitrogen and oxygen atoms in total. The Balaban J connectivity index is 4.98. The van der Waals surface area contributed by atoms with Gasteiger partial charge in [0.25, 0.3) is 0 Å². The van der Waals surface area contributed by atoms with Gasteiger partial charge in [-0.25, -0.2) is 0 Å². The lowest BCUT2D eigenvalue weighted by molar-refractivity contribution is -0.0148. The van der Waals surface area contributed by atoms with Crippen LogP contribution in [0.2, 0.25) is 18.1 Å². The summed E-state index contributed by atoms with van der Waals surface area (Å²) < 4.78 is 66.5. The van der Waals surface area contributed by atoms with Crippen molar-refractivity contribution in [1.29, 1.82) is 0 Å². The number of aliphatic hydroxyl groups excluding tert-OH is 3. The third-order valence-corrected chi connectivity index (χ3v) is 18.3. The van der Waals surface area contributed by atoms with Crippen molar-refractivity contribution in [3.63, 3.8) is 0 Å². The van der Waals surface area contributed by atoms with Crippen molar-refractivity contribution in [2.75, 3.05) is 136 Å². The lowest BCUT2D eigenvalue weighted by atomic mass is 9.80. The maximum atomic E-state index is 11.0. The van der Waals surface area contributed by atoms with E-state index in [0.717, 1.165) is 19.4 Å². The van der Waals surface area contributed by atoms with Crippen LogP contribution in [0.1, 0.15) is 52.9 Å². The molecule has 0 spiro atoms. The normalized spacial score (nSPS) is 15.4. The van der Waals surface area contributed by atoms with E-state index in [1.165, 1.54) is 0 Å². The molecule has 0 saturated heterocycles. The van der Waals surface area contributed by atoms with E-state index in [9.17, 15) is 15.3 Å². The number of hydrogen-bond donors (Lipinski definition) is 4. The molecule has 0 aromatic rings. The molecule has 0 fully saturated rings. The van der Waals surface area contributed by atoms with Gasteiger partial charge in [-0.05, 0) is 50.0 Å². The van der Waals surface area contributed by atoms with Crippen molar-refractivity contribution in [1.82, 2.24) is 10.2 Å². The van der Waals surface area contributed by atoms with Gasteiger partial charge in [-0.3, -0.25) is 4.90 Å². The molecule has 56 heavy (non-hydrogen) atoms. The zero-order chi connectivity index (χ0) is 42.5. The summed E-state index contributed by atoms with van der Waals surface area (Å²) in [5.74, 6) is 0.270. The van der Waals surface area contributed by atoms with Gasteiger partial charge in [0.2, 0.25) is 0 Å². The molecule has 4 atom stereocenters. The van der Waals surface area contributed by atoms with Crippen molar-refractivity contribution in [3.8, 4) is 0 Å². The summed E-state index contributed by atoms with van der Waals surface area (Å²) >= 11 is 0. The highest BCUT2D eigenvalue weighted by Crippen LogP contribution is 2.29. The quantitative estimate of drug-likeness (QED) is 0.0519. The van der Waals surface area contributed by atoms with Crippen LogP contribution in [0.15, 0.2) is 0 Å². The van der Waals surface area contributed by atoms with E-state index in [0.29, 0.717) is 83.4 Å². The summed E-state index contributed by atoms with van der Waals surface area (Å²) in [6, 6.07) is 1.86. The van der Waals surface area contributed by atoms with Gasteiger partial charge in [0, 0.05) is 128 Å². The molecule has 0 aromatic carbocycles. The van der Waals surface area contributed by atoms with E-state index in [-0.39, 0.29) is 31.2 Å². The first-order chi connectivity index (χ1) is 26.6. The topological polar surface area (TPSA) is 187 Å². The molecule has 0 aliphatic carbocycles. The fraction of sp³-hybridized carbons (Fsp3) is 1.00. The second kappa shape index (κ2) is 31.8. The molecule has 0 aromatic heterocycles. The smallest absolute Gasteiger partial charge is 0.389 e. The number of ether oxygens (including phenoxy) is 3. The fourth-order valence-electron chi connectivity index (χ4n) is 6.73. The minimum absolute atomic E-state index is 0.0136. The molecule has 338 valence electrons. The Kier molecular flexibility index (Phi) is 31.8. The molecule has 20 heteroatoms. The van der Waals surface area contributed by atoms with E-state index in [1.807, 2.05) is 0 Å². The van der Waals surface area contributed by atoms with Crippen molar-refractivity contribution >= 4 is 26.4 Å². The predicted octanol–water partition coefficient (Wildman–Crippen LogP) is 2.26. The zero-order valence-electron chi connectivity index (χ0n) is 36.9. The molecular weight excluding hydrogens is 785 g/mol. The molecule has 0 bridgehead atoms. The highest BCUT2D eigenvalue weighted by Gasteiger charge is 2.38. The Morgan fingerprint density at radius 2 is 0.875 bits per heavy atom. The van der Waals surface area contributed by atoms with Crippen LogP contribution < -0.4 is 5.32 Å². The van der Waals surface area contributed by atoms with E-state index in [1.54, 1.807) is 64.0 Å². The Morgan fingerprint density at radius 1 is 0.536 bits per heavy atom. The van der Waals surface area contributed by atoms with Crippen LogP contribution in [-0.4, -0.2) is 201 Å². The minimum atomic E-state index is -2.68. The van der Waals surface area contributed by atoms with E-state index in [2.05, 4.69) is 31.0 Å². The summed E-state index contributed by atoms with van der Waals surface area (Å²) in [5.41, 5.74) is 0.0136. The third kappa shape index (κ3) is 24.3. The monoisotopic (exact) mass is 867 g/mol. The lowest BCUT2D eigenvalue weighted by Gasteiger charge is -2.33. The highest BCUT2D eigenvalue weighted by atomic mass is 28.4. The SMILES string of the molecule is CO[Si](CCCOCC(O)CNCCC(C)(C)CC(C)CN(CC(O)COCCC[Si](OC)(OC)OC)CC(O)COCCC[Si](OC)(OC)OC)(OC)OC. The van der Waals surface area contributed by atoms with Gasteiger partial charge in [0.1, 0.15) is 0 Å². The van der Waals surface area contributed by atoms with Crippen LogP contribution in [0, 0.1) is 11.3 Å². The van der Waals surface area contributed by atoms with Gasteiger partial charge in [0.15, 0.2) is 0 Å². The van der Waals surface area contributed by atoms with Gasteiger partial charge >= 0.3 is 26.4 Å². The van der Waals surface area contributed by atoms with Gasteiger partial charge in [-0.15, -0.1) is 0 Å². The van der Waals surface area contributed by atoms with Crippen LogP contribution in [0.3, 0.4) is 0 Å². The Bertz CT molecular complexity index is 862. The number of rotatable bonds is 40. The predicted molar refractivity (Wildman–Crippen MR) is 221 cm³/mol. The largest absolute Gasteiger partial charge is 0.500 e. The molecule has 0 radical (unpaired) electrons. The average molecular weight is 867 g/mol. The molecule has 0 saturated carbocycles. The summed E-state index contributed by atoms with van der Waals surface area (Å²) in [7, 11) is 6.31. The molecule has 0 heterocycles. The molecule has 4 unspecified atom stereocenters. The van der Waals surface area contributed by atoms with Crippen LogP contribution in [-0.2, 0) is 54.0 Å². The Morgan fingerprint density at radius 3 is 1.21 bits per heavy atom. The number of hydrogen-bond acceptors (Lipinski definition) is 17. The second-order valence-electron chi connectivity index (χ2n) is 15.0. The fourth-order valence-corrected chi connectivity index (χ4v) is 11.8. The first kappa shape index (κ1) is 56.0. The van der Waals surface area contributed by atoms with Crippen molar-refractivity contribution in [2.24, 2.45) is 11.3 Å². The summed E-state index contributed by atoms with van der Waals surface area (Å²) in [4.78, 5) is 2.09. The standard InChI is InChI=1S/C36H82N2O15Si3/c1-32(24-36(2,3)16-17-37-25-33(39)29-51-18-13-21-54(42-4,43-5)44-6)26-38(27-34(40)30-52-19-14-22-55(45-7,46-8)47-9)28-35(41)31-53-20-15-23-56(48-10,49-11)50-12/h32-35,37,39-41H,13-31H2,1-12H3. The highest BCUT2D eigenvalue weighted by molar-refractivity contribution is 6.61. The minimum Gasteiger partial charge on any atom is -0.389 e. The van der Waals surface area contributed by atoms with E-state index < -0.39 is 44.7 Å². The Hall–Kier alpha value is -0.0294. The van der Waals surface area contributed by atoms with Gasteiger partial charge in [0.05, 0.1) is 38.1 Å². The number of nitrogens with zero attached hydrogens (tertiary/aromatic N) is 1. The van der Waals surface area contributed by atoms with E-state index in [4.69, 9.17) is 54.0 Å². The maximum absolute atomic E-state index is 11.0. The number of aliphatic hydroxyl groups is 3. The van der Waals surface area contributed by atoms with Crippen LogP contribution in [0.25, 0.3) is 0 Å². The Labute approximate surface area is 342 Å². The maximum Gasteiger partial charge on any atom is 0.500 e. The van der Waals surface area contributed by atoms with Crippen molar-refractivity contribution < 1.29 is 69.4 Å². The van der Waals surface area contributed by atoms with Crippen LogP contribution in [0.4, 0.5) is 0 Å². The molecule has 4 N–H and O–H groups in total. The molecular formula is C36H82N2O15Si3. The molecule has 0 amide bonds.